The highest BCUT2D eigenvalue weighted by Crippen LogP contribution is 2.26. The van der Waals surface area contributed by atoms with Gasteiger partial charge in [0.25, 0.3) is 5.22 Å². The first-order chi connectivity index (χ1) is 15.4. The second kappa shape index (κ2) is 11.0. The molecule has 3 rings (SSSR count). The van der Waals surface area contributed by atoms with Gasteiger partial charge >= 0.3 is 0 Å². The molecule has 1 heterocycles. The van der Waals surface area contributed by atoms with Crippen LogP contribution in [-0.2, 0) is 11.3 Å². The summed E-state index contributed by atoms with van der Waals surface area (Å²) in [4.78, 5) is 16.2. The molecule has 0 bridgehead atoms. The number of benzene rings is 2. The van der Waals surface area contributed by atoms with Gasteiger partial charge in [-0.2, -0.15) is 0 Å². The SMILES string of the molecule is CCN(CC)c1ccc(-c2nnc(SCC(=O)N(C)Cc3ccc(OC)c(F)c3)o2)cc1. The molecular formula is C23H27FN4O3S. The number of hydrogen-bond acceptors (Lipinski definition) is 7. The van der Waals surface area contributed by atoms with E-state index in [1.807, 2.05) is 24.3 Å². The lowest BCUT2D eigenvalue weighted by atomic mass is 10.2. The van der Waals surface area contributed by atoms with Gasteiger partial charge in [0.2, 0.25) is 11.8 Å². The van der Waals surface area contributed by atoms with Crippen molar-refractivity contribution >= 4 is 23.4 Å². The number of carbonyl (C=O) groups is 1. The van der Waals surface area contributed by atoms with Crippen LogP contribution in [-0.4, -0.2) is 54.0 Å². The molecule has 0 aliphatic rings. The number of methoxy groups -OCH3 is 1. The summed E-state index contributed by atoms with van der Waals surface area (Å²) in [5, 5.41) is 8.44. The maximum atomic E-state index is 13.8. The van der Waals surface area contributed by atoms with Crippen molar-refractivity contribution in [1.29, 1.82) is 0 Å². The van der Waals surface area contributed by atoms with Crippen LogP contribution in [0.1, 0.15) is 19.4 Å². The predicted molar refractivity (Wildman–Crippen MR) is 123 cm³/mol. The molecule has 0 saturated carbocycles. The Labute approximate surface area is 191 Å². The molecule has 1 aromatic heterocycles. The second-order valence-corrected chi connectivity index (χ2v) is 8.03. The number of halogens is 1. The minimum absolute atomic E-state index is 0.130. The first-order valence-corrected chi connectivity index (χ1v) is 11.3. The molecule has 0 spiro atoms. The van der Waals surface area contributed by atoms with Crippen LogP contribution in [0.5, 0.6) is 5.75 Å². The number of anilines is 1. The van der Waals surface area contributed by atoms with E-state index in [1.54, 1.807) is 19.2 Å². The van der Waals surface area contributed by atoms with E-state index in [-0.39, 0.29) is 24.0 Å². The standard InChI is InChI=1S/C23H27FN4O3S/c1-5-28(6-2)18-10-8-17(9-11-18)22-25-26-23(31-22)32-15-21(29)27(3)14-16-7-12-20(30-4)19(24)13-16/h7-13H,5-6,14-15H2,1-4H3. The van der Waals surface area contributed by atoms with E-state index in [4.69, 9.17) is 9.15 Å². The first-order valence-electron chi connectivity index (χ1n) is 10.3. The van der Waals surface area contributed by atoms with Gasteiger partial charge in [-0.15, -0.1) is 10.2 Å². The highest BCUT2D eigenvalue weighted by molar-refractivity contribution is 7.99. The molecule has 0 N–H and O–H groups in total. The summed E-state index contributed by atoms with van der Waals surface area (Å²) in [5.41, 5.74) is 2.64. The smallest absolute Gasteiger partial charge is 0.277 e. The second-order valence-electron chi connectivity index (χ2n) is 7.10. The number of rotatable bonds is 10. The Hall–Kier alpha value is -3.07. The molecule has 3 aromatic rings. The maximum absolute atomic E-state index is 13.8. The van der Waals surface area contributed by atoms with Crippen molar-refractivity contribution < 1.29 is 18.3 Å². The van der Waals surface area contributed by atoms with Crippen molar-refractivity contribution in [1.82, 2.24) is 15.1 Å². The Kier molecular flexibility index (Phi) is 8.10. The van der Waals surface area contributed by atoms with Gasteiger partial charge in [-0.25, -0.2) is 4.39 Å². The normalized spacial score (nSPS) is 10.8. The van der Waals surface area contributed by atoms with Crippen LogP contribution >= 0.6 is 11.8 Å². The monoisotopic (exact) mass is 458 g/mol. The third kappa shape index (κ3) is 5.79. The minimum atomic E-state index is -0.455. The van der Waals surface area contributed by atoms with Gasteiger partial charge in [-0.05, 0) is 55.8 Å². The molecule has 0 aliphatic carbocycles. The largest absolute Gasteiger partial charge is 0.494 e. The van der Waals surface area contributed by atoms with E-state index < -0.39 is 5.82 Å². The number of nitrogens with zero attached hydrogens (tertiary/aromatic N) is 4. The number of carbonyl (C=O) groups excluding carboxylic acids is 1. The van der Waals surface area contributed by atoms with Crippen molar-refractivity contribution in [3.05, 3.63) is 53.8 Å². The molecule has 9 heteroatoms. The van der Waals surface area contributed by atoms with Gasteiger partial charge in [0, 0.05) is 37.9 Å². The molecule has 1 amide bonds. The third-order valence-corrected chi connectivity index (χ3v) is 5.83. The molecule has 7 nitrogen and oxygen atoms in total. The Morgan fingerprint density at radius 3 is 2.47 bits per heavy atom. The molecule has 0 radical (unpaired) electrons. The van der Waals surface area contributed by atoms with Crippen LogP contribution in [0.15, 0.2) is 52.1 Å². The summed E-state index contributed by atoms with van der Waals surface area (Å²) < 4.78 is 24.5. The molecule has 2 aromatic carbocycles. The number of ether oxygens (including phenoxy) is 1. The van der Waals surface area contributed by atoms with E-state index >= 15 is 0 Å². The molecule has 0 saturated heterocycles. The zero-order valence-electron chi connectivity index (χ0n) is 18.7. The van der Waals surface area contributed by atoms with Crippen LogP contribution in [0, 0.1) is 5.82 Å². The minimum Gasteiger partial charge on any atom is -0.494 e. The fourth-order valence-corrected chi connectivity index (χ4v) is 3.90. The van der Waals surface area contributed by atoms with Crippen molar-refractivity contribution in [3.63, 3.8) is 0 Å². The van der Waals surface area contributed by atoms with E-state index in [0.29, 0.717) is 16.7 Å². The first kappa shape index (κ1) is 23.6. The van der Waals surface area contributed by atoms with Crippen molar-refractivity contribution in [2.45, 2.75) is 25.6 Å². The van der Waals surface area contributed by atoms with Crippen molar-refractivity contribution in [2.75, 3.05) is 37.9 Å². The molecular weight excluding hydrogens is 431 g/mol. The molecule has 0 atom stereocenters. The quantitative estimate of drug-likeness (QED) is 0.415. The molecule has 0 fully saturated rings. The summed E-state index contributed by atoms with van der Waals surface area (Å²) in [5.74, 6) is 0.136. The van der Waals surface area contributed by atoms with Gasteiger partial charge in [-0.3, -0.25) is 4.79 Å². The highest BCUT2D eigenvalue weighted by Gasteiger charge is 2.15. The van der Waals surface area contributed by atoms with E-state index in [1.165, 1.54) is 29.8 Å². The number of aromatic nitrogens is 2. The van der Waals surface area contributed by atoms with Crippen LogP contribution in [0.3, 0.4) is 0 Å². The predicted octanol–water partition coefficient (Wildman–Crippen LogP) is 4.48. The van der Waals surface area contributed by atoms with Crippen LogP contribution in [0.2, 0.25) is 0 Å². The van der Waals surface area contributed by atoms with Gasteiger partial charge in [0.1, 0.15) is 0 Å². The number of hydrogen-bond donors (Lipinski definition) is 0. The van der Waals surface area contributed by atoms with Gasteiger partial charge < -0.3 is 19.0 Å². The Bertz CT molecular complexity index is 1040. The summed E-state index contributed by atoms with van der Waals surface area (Å²) in [6.45, 7) is 6.40. The average molecular weight is 459 g/mol. The fourth-order valence-electron chi connectivity index (χ4n) is 3.19. The lowest BCUT2D eigenvalue weighted by Crippen LogP contribution is -2.27. The van der Waals surface area contributed by atoms with Crippen molar-refractivity contribution in [2.24, 2.45) is 0 Å². The fraction of sp³-hybridized carbons (Fsp3) is 0.348. The Balaban J connectivity index is 1.55. The number of amides is 1. The van der Waals surface area contributed by atoms with Gasteiger partial charge in [0.05, 0.1) is 12.9 Å². The lowest BCUT2D eigenvalue weighted by Gasteiger charge is -2.20. The molecule has 0 unspecified atom stereocenters. The average Bonchev–Trinajstić information content (AvgIpc) is 3.28. The topological polar surface area (TPSA) is 71.7 Å². The summed E-state index contributed by atoms with van der Waals surface area (Å²) >= 11 is 1.17. The molecule has 170 valence electrons. The Morgan fingerprint density at radius 1 is 1.12 bits per heavy atom. The zero-order chi connectivity index (χ0) is 23.1. The molecule has 32 heavy (non-hydrogen) atoms. The van der Waals surface area contributed by atoms with E-state index in [0.717, 1.165) is 24.3 Å². The summed E-state index contributed by atoms with van der Waals surface area (Å²) in [6.07, 6.45) is 0. The number of thioether (sulfide) groups is 1. The van der Waals surface area contributed by atoms with Crippen LogP contribution in [0.4, 0.5) is 10.1 Å². The highest BCUT2D eigenvalue weighted by atomic mass is 32.2. The van der Waals surface area contributed by atoms with Gasteiger partial charge in [0.15, 0.2) is 11.6 Å². The van der Waals surface area contributed by atoms with Crippen molar-refractivity contribution in [3.8, 4) is 17.2 Å². The summed E-state index contributed by atoms with van der Waals surface area (Å²) in [6, 6.07) is 12.6. The molecule has 0 aliphatic heterocycles. The zero-order valence-corrected chi connectivity index (χ0v) is 19.5. The van der Waals surface area contributed by atoms with E-state index in [2.05, 4.69) is 28.9 Å². The Morgan fingerprint density at radius 2 is 1.84 bits per heavy atom. The maximum Gasteiger partial charge on any atom is 0.277 e. The summed E-state index contributed by atoms with van der Waals surface area (Å²) in [7, 11) is 3.08. The lowest BCUT2D eigenvalue weighted by molar-refractivity contribution is -0.127. The van der Waals surface area contributed by atoms with E-state index in [9.17, 15) is 9.18 Å². The van der Waals surface area contributed by atoms with Crippen LogP contribution in [0.25, 0.3) is 11.5 Å². The van der Waals surface area contributed by atoms with Crippen LogP contribution < -0.4 is 9.64 Å². The van der Waals surface area contributed by atoms with Gasteiger partial charge in [-0.1, -0.05) is 17.8 Å². The third-order valence-electron chi connectivity index (χ3n) is 5.03.